The number of morpholine rings is 5. The number of nitrogens with two attached hydrogens (primary N) is 1. The summed E-state index contributed by atoms with van der Waals surface area (Å²) in [6.45, 7) is 30.2. The van der Waals surface area contributed by atoms with E-state index in [-0.39, 0.29) is 11.2 Å². The molecule has 0 unspecified atom stereocenters. The lowest BCUT2D eigenvalue weighted by molar-refractivity contribution is 0.0341. The molecule has 10 aromatic heterocycles. The fourth-order valence-corrected chi connectivity index (χ4v) is 15.6. The quantitative estimate of drug-likeness (QED) is 0.0740. The van der Waals surface area contributed by atoms with E-state index in [1.807, 2.05) is 87.9 Å². The Labute approximate surface area is 698 Å². The summed E-state index contributed by atoms with van der Waals surface area (Å²) in [4.78, 5) is 36.7. The van der Waals surface area contributed by atoms with Gasteiger partial charge in [-0.25, -0.2) is 28.0 Å². The molecule has 592 valence electrons. The molecule has 5 fully saturated rings. The van der Waals surface area contributed by atoms with Gasteiger partial charge in [0.15, 0.2) is 22.6 Å². The molecule has 30 heteroatoms. The van der Waals surface area contributed by atoms with Crippen LogP contribution in [0.15, 0.2) is 217 Å². The highest BCUT2D eigenvalue weighted by atomic mass is 127. The first-order valence-electron chi connectivity index (χ1n) is 38.9. The Kier molecular flexibility index (Phi) is 26.4. The Morgan fingerprint density at radius 3 is 0.922 bits per heavy atom. The Balaban J connectivity index is 0.000000109. The van der Waals surface area contributed by atoms with Crippen LogP contribution in [0.3, 0.4) is 0 Å². The number of pyridine rings is 5. The van der Waals surface area contributed by atoms with E-state index in [1.54, 1.807) is 13.5 Å². The van der Waals surface area contributed by atoms with Gasteiger partial charge in [-0.15, -0.1) is 32.0 Å². The fourth-order valence-electron chi connectivity index (χ4n) is 14.6. The molecular formula is C86H87BrClIN22O5. The number of nitrogens with zero attached hydrogens (tertiary/aromatic N) is 21. The van der Waals surface area contributed by atoms with Crippen molar-refractivity contribution in [3.05, 3.63) is 265 Å². The summed E-state index contributed by atoms with van der Waals surface area (Å²) in [5.74, 6) is 0.466. The van der Waals surface area contributed by atoms with E-state index < -0.39 is 0 Å². The highest BCUT2D eigenvalue weighted by molar-refractivity contribution is 14.1. The van der Waals surface area contributed by atoms with Gasteiger partial charge in [-0.3, -0.25) is 24.5 Å². The van der Waals surface area contributed by atoms with Crippen molar-refractivity contribution in [3.63, 3.8) is 0 Å². The summed E-state index contributed by atoms with van der Waals surface area (Å²) in [5, 5.41) is 21.9. The van der Waals surface area contributed by atoms with Crippen LogP contribution in [0, 0.1) is 10.4 Å². The molecule has 0 bridgehead atoms. The number of hydrogen-bond donors (Lipinski definition) is 1. The predicted molar refractivity (Wildman–Crippen MR) is 459 cm³/mol. The molecule has 0 aliphatic carbocycles. The standard InChI is InChI=1S/C18H17N5O.C17H17BrN4O.C17H17ClN4O.C17H17IN4O.C17H19N5O/c1-19-18-20-17-4-2-3-16(23(17)21-18)15-7-5-14(6-8-15)13-22-9-11-24-12-10-22;4*18-17-19-16-3-1-2-15(22(16)20-17)14-6-4-13(5-7-14)12-21-8-10-23-11-9-21/h2-8H,9-13H2;3*1-7H,8-12H2;1-7H,8-12H2,(H2,18,20). The molecule has 5 aliphatic rings. The van der Waals surface area contributed by atoms with Gasteiger partial charge in [-0.2, -0.15) is 14.5 Å². The average molecular weight is 1750 g/mol. The van der Waals surface area contributed by atoms with Gasteiger partial charge >= 0.3 is 5.95 Å². The minimum atomic E-state index is 0.173. The summed E-state index contributed by atoms with van der Waals surface area (Å²) in [6.07, 6.45) is 0. The van der Waals surface area contributed by atoms with Gasteiger partial charge in [0.1, 0.15) is 0 Å². The average Bonchev–Trinajstić information content (AvgIpc) is 1.65. The van der Waals surface area contributed by atoms with Crippen LogP contribution in [0.1, 0.15) is 27.8 Å². The number of aromatic nitrogens is 15. The molecule has 20 rings (SSSR count). The van der Waals surface area contributed by atoms with Crippen molar-refractivity contribution in [2.75, 3.05) is 137 Å². The summed E-state index contributed by atoms with van der Waals surface area (Å²) in [5.41, 5.74) is 26.8. The molecule has 5 aliphatic heterocycles. The molecule has 27 nitrogen and oxygen atoms in total. The van der Waals surface area contributed by atoms with Crippen molar-refractivity contribution in [1.29, 1.82) is 0 Å². The number of benzene rings is 5. The van der Waals surface area contributed by atoms with Gasteiger partial charge in [0.05, 0.1) is 94.5 Å². The maximum atomic E-state index is 7.07. The van der Waals surface area contributed by atoms with Crippen LogP contribution in [0.4, 0.5) is 11.9 Å². The molecule has 0 atom stereocenters. The van der Waals surface area contributed by atoms with E-state index in [0.29, 0.717) is 16.3 Å². The maximum absolute atomic E-state index is 7.07. The maximum Gasteiger partial charge on any atom is 0.394 e. The Morgan fingerprint density at radius 2 is 0.595 bits per heavy atom. The number of nitrogen functional groups attached to an aromatic ring is 1. The zero-order chi connectivity index (χ0) is 78.9. The first kappa shape index (κ1) is 79.4. The first-order chi connectivity index (χ1) is 57.0. The normalized spacial score (nSPS) is 15.9. The molecule has 15 heterocycles. The van der Waals surface area contributed by atoms with Crippen LogP contribution in [0.25, 0.3) is 89.4 Å². The van der Waals surface area contributed by atoms with Crippen molar-refractivity contribution in [2.24, 2.45) is 0 Å². The number of hydrogen-bond acceptors (Lipinski definition) is 21. The van der Waals surface area contributed by atoms with Crippen molar-refractivity contribution in [1.82, 2.24) is 97.5 Å². The van der Waals surface area contributed by atoms with Gasteiger partial charge in [-0.05, 0) is 116 Å². The van der Waals surface area contributed by atoms with Gasteiger partial charge in [-0.1, -0.05) is 157 Å². The predicted octanol–water partition coefficient (Wildman–Crippen LogP) is 13.3. The second kappa shape index (κ2) is 38.6. The summed E-state index contributed by atoms with van der Waals surface area (Å²) < 4.78 is 37.4. The topological polar surface area (TPSA) is 244 Å². The summed E-state index contributed by atoms with van der Waals surface area (Å²) in [6, 6.07) is 72.8. The molecule has 0 radical (unpaired) electrons. The minimum Gasteiger partial charge on any atom is -0.393 e. The van der Waals surface area contributed by atoms with E-state index in [2.05, 4.69) is 252 Å². The van der Waals surface area contributed by atoms with E-state index in [4.69, 9.17) is 47.6 Å². The number of fused-ring (bicyclic) bond motifs is 5. The van der Waals surface area contributed by atoms with Gasteiger partial charge in [0, 0.05) is 149 Å². The molecule has 2 N–H and O–H groups in total. The van der Waals surface area contributed by atoms with Crippen molar-refractivity contribution >= 4 is 90.3 Å². The van der Waals surface area contributed by atoms with Crippen LogP contribution in [0.5, 0.6) is 0 Å². The second-order valence-electron chi connectivity index (χ2n) is 28.5. The van der Waals surface area contributed by atoms with E-state index in [9.17, 15) is 0 Å². The number of anilines is 1. The zero-order valence-corrected chi connectivity index (χ0v) is 68.5. The molecule has 15 aromatic rings. The highest BCUT2D eigenvalue weighted by Crippen LogP contribution is 2.29. The third-order valence-electron chi connectivity index (χ3n) is 20.6. The third kappa shape index (κ3) is 20.3. The molecule has 116 heavy (non-hydrogen) atoms. The van der Waals surface area contributed by atoms with Gasteiger partial charge < -0.3 is 34.3 Å². The van der Waals surface area contributed by atoms with Crippen molar-refractivity contribution < 1.29 is 23.7 Å². The molecule has 0 saturated carbocycles. The lowest BCUT2D eigenvalue weighted by atomic mass is 10.1. The smallest absolute Gasteiger partial charge is 0.393 e. The monoisotopic (exact) mass is 1750 g/mol. The molecule has 5 saturated heterocycles. The Morgan fingerprint density at radius 1 is 0.328 bits per heavy atom. The summed E-state index contributed by atoms with van der Waals surface area (Å²) in [7, 11) is 0. The van der Waals surface area contributed by atoms with Crippen molar-refractivity contribution in [2.45, 2.75) is 32.7 Å². The highest BCUT2D eigenvalue weighted by Gasteiger charge is 2.20. The molecular weight excluding hydrogens is 1660 g/mol. The molecule has 5 aromatic carbocycles. The van der Waals surface area contributed by atoms with Crippen LogP contribution >= 0.6 is 50.1 Å². The second-order valence-corrected chi connectivity index (χ2v) is 30.5. The molecule has 0 spiro atoms. The minimum absolute atomic E-state index is 0.173. The third-order valence-corrected chi connectivity index (χ3v) is 21.6. The van der Waals surface area contributed by atoms with E-state index in [0.717, 1.165) is 247 Å². The van der Waals surface area contributed by atoms with Gasteiger partial charge in [0.2, 0.25) is 25.4 Å². The van der Waals surface area contributed by atoms with E-state index in [1.165, 1.54) is 27.8 Å². The van der Waals surface area contributed by atoms with Crippen LogP contribution in [-0.4, -0.2) is 229 Å². The Bertz CT molecular complexity index is 5220. The number of rotatable bonds is 15. The lowest BCUT2D eigenvalue weighted by Gasteiger charge is -2.26. The first-order valence-corrected chi connectivity index (χ1v) is 41.1. The van der Waals surface area contributed by atoms with Crippen LogP contribution in [0.2, 0.25) is 5.28 Å². The number of halogens is 3. The van der Waals surface area contributed by atoms with E-state index >= 15 is 0 Å². The van der Waals surface area contributed by atoms with Crippen LogP contribution in [-0.2, 0) is 56.4 Å². The molecule has 0 amide bonds. The van der Waals surface area contributed by atoms with Crippen molar-refractivity contribution in [3.8, 4) is 56.3 Å². The largest absolute Gasteiger partial charge is 0.394 e. The summed E-state index contributed by atoms with van der Waals surface area (Å²) >= 11 is 11.4. The fraction of sp³-hybridized carbons (Fsp3) is 0.291. The Hall–Kier alpha value is -10.4. The van der Waals surface area contributed by atoms with Gasteiger partial charge in [0.25, 0.3) is 0 Å². The SMILES string of the molecule is Brc1nc2cccc(-c3ccc(CN4CCOCC4)cc3)n2n1.Clc1nc2cccc(-c3ccc(CN4CCOCC4)cc3)n2n1.Ic1nc2cccc(-c3ccc(CN4CCOCC4)cc3)n2n1.Nc1nc2cccc(-c3ccc(CN4CCOCC4)cc3)n2n1.[C-]#[N+]c1nc2cccc(-c3ccc(CN4CCOCC4)cc3)n2n1. The lowest BCUT2D eigenvalue weighted by Crippen LogP contribution is -2.35. The zero-order valence-electron chi connectivity index (χ0n) is 64.0. The van der Waals surface area contributed by atoms with Crippen LogP contribution < -0.4 is 5.73 Å². The number of ether oxygens (including phenoxy) is 5.